The highest BCUT2D eigenvalue weighted by Crippen LogP contribution is 2.13. The van der Waals surface area contributed by atoms with Gasteiger partial charge in [-0.3, -0.25) is 0 Å². The summed E-state index contributed by atoms with van der Waals surface area (Å²) in [7, 11) is 0. The summed E-state index contributed by atoms with van der Waals surface area (Å²) in [5.41, 5.74) is 0. The molecule has 2 heterocycles. The summed E-state index contributed by atoms with van der Waals surface area (Å²) < 4.78 is 7.29. The molecule has 1 unspecified atom stereocenters. The molecular weight excluding hydrogens is 268 g/mol. The number of ether oxygens (including phenoxy) is 1. The van der Waals surface area contributed by atoms with E-state index in [1.165, 1.54) is 0 Å². The van der Waals surface area contributed by atoms with E-state index in [-0.39, 0.29) is 0 Å². The minimum atomic E-state index is 0.328. The monoisotopic (exact) mass is 290 g/mol. The highest BCUT2D eigenvalue weighted by atomic mass is 16.5. The van der Waals surface area contributed by atoms with E-state index >= 15 is 0 Å². The van der Waals surface area contributed by atoms with E-state index in [2.05, 4.69) is 39.2 Å². The lowest BCUT2D eigenvalue weighted by atomic mass is 10.1. The van der Waals surface area contributed by atoms with Crippen LogP contribution < -0.4 is 10.1 Å². The third-order valence-electron chi connectivity index (χ3n) is 2.93. The molecule has 0 saturated carbocycles. The number of rotatable bonds is 8. The minimum absolute atomic E-state index is 0.328. The van der Waals surface area contributed by atoms with Gasteiger partial charge in [-0.15, -0.1) is 0 Å². The van der Waals surface area contributed by atoms with Gasteiger partial charge in [-0.25, -0.2) is 4.68 Å². The van der Waals surface area contributed by atoms with Crippen LogP contribution in [0.2, 0.25) is 0 Å². The molecule has 114 valence electrons. The van der Waals surface area contributed by atoms with Gasteiger partial charge in [0.2, 0.25) is 5.95 Å². The molecule has 0 aliphatic heterocycles. The van der Waals surface area contributed by atoms with Crippen LogP contribution in [0, 0.1) is 5.92 Å². The van der Waals surface area contributed by atoms with E-state index in [0.717, 1.165) is 19.4 Å². The summed E-state index contributed by atoms with van der Waals surface area (Å²) in [5, 5.41) is 7.21. The topological polar surface area (TPSA) is 77.8 Å². The van der Waals surface area contributed by atoms with Crippen molar-refractivity contribution in [2.45, 2.75) is 33.6 Å². The van der Waals surface area contributed by atoms with Crippen molar-refractivity contribution < 1.29 is 4.74 Å². The molecular formula is C14H22N6O. The second-order valence-corrected chi connectivity index (χ2v) is 4.93. The van der Waals surface area contributed by atoms with Crippen molar-refractivity contribution in [1.82, 2.24) is 24.7 Å². The molecule has 0 aliphatic carbocycles. The maximum Gasteiger partial charge on any atom is 0.323 e. The first kappa shape index (κ1) is 15.2. The first-order valence-electron chi connectivity index (χ1n) is 7.35. The Balaban J connectivity index is 2.16. The molecule has 0 fully saturated rings. The van der Waals surface area contributed by atoms with E-state index < -0.39 is 0 Å². The van der Waals surface area contributed by atoms with Gasteiger partial charge in [-0.2, -0.15) is 20.1 Å². The van der Waals surface area contributed by atoms with E-state index in [4.69, 9.17) is 4.74 Å². The molecule has 7 nitrogen and oxygen atoms in total. The summed E-state index contributed by atoms with van der Waals surface area (Å²) in [5.74, 6) is 1.42. The van der Waals surface area contributed by atoms with Gasteiger partial charge < -0.3 is 10.1 Å². The van der Waals surface area contributed by atoms with Crippen LogP contribution in [0.5, 0.6) is 6.01 Å². The van der Waals surface area contributed by atoms with Gasteiger partial charge >= 0.3 is 6.01 Å². The maximum absolute atomic E-state index is 5.70. The molecule has 0 aliphatic rings. The highest BCUT2D eigenvalue weighted by Gasteiger charge is 2.10. The van der Waals surface area contributed by atoms with Crippen LogP contribution in [0.1, 0.15) is 33.6 Å². The van der Waals surface area contributed by atoms with Gasteiger partial charge in [0, 0.05) is 18.9 Å². The number of nitrogens with zero attached hydrogens (tertiary/aromatic N) is 5. The van der Waals surface area contributed by atoms with Crippen molar-refractivity contribution in [3.05, 3.63) is 18.5 Å². The first-order chi connectivity index (χ1) is 10.2. The molecule has 21 heavy (non-hydrogen) atoms. The molecule has 0 radical (unpaired) electrons. The molecule has 1 N–H and O–H groups in total. The van der Waals surface area contributed by atoms with Crippen molar-refractivity contribution in [3.8, 4) is 12.0 Å². The largest absolute Gasteiger partial charge is 0.463 e. The van der Waals surface area contributed by atoms with Crippen LogP contribution in [0.4, 0.5) is 5.95 Å². The third-order valence-corrected chi connectivity index (χ3v) is 2.93. The van der Waals surface area contributed by atoms with Gasteiger partial charge in [0.05, 0.1) is 6.61 Å². The van der Waals surface area contributed by atoms with E-state index in [1.807, 2.05) is 13.0 Å². The van der Waals surface area contributed by atoms with Crippen molar-refractivity contribution in [2.75, 3.05) is 18.5 Å². The smallest absolute Gasteiger partial charge is 0.323 e. The molecule has 2 rings (SSSR count). The fraction of sp³-hybridized carbons (Fsp3) is 0.571. The number of hydrogen-bond acceptors (Lipinski definition) is 6. The summed E-state index contributed by atoms with van der Waals surface area (Å²) in [4.78, 5) is 12.9. The number of hydrogen-bond donors (Lipinski definition) is 1. The zero-order valence-electron chi connectivity index (χ0n) is 12.8. The Morgan fingerprint density at radius 2 is 2.14 bits per heavy atom. The lowest BCUT2D eigenvalue weighted by Gasteiger charge is -2.12. The number of aromatic nitrogens is 5. The number of nitrogens with one attached hydrogen (secondary N) is 1. The zero-order chi connectivity index (χ0) is 15.1. The van der Waals surface area contributed by atoms with Crippen LogP contribution in [-0.4, -0.2) is 37.9 Å². The van der Waals surface area contributed by atoms with E-state index in [0.29, 0.717) is 30.4 Å². The summed E-state index contributed by atoms with van der Waals surface area (Å²) in [6.45, 7) is 7.64. The van der Waals surface area contributed by atoms with Crippen LogP contribution in [0.15, 0.2) is 18.5 Å². The van der Waals surface area contributed by atoms with Gasteiger partial charge in [-0.1, -0.05) is 20.3 Å². The molecule has 2 aromatic heterocycles. The Labute approximate surface area is 124 Å². The SMILES string of the molecule is CCCC(C)COc1nc(NCC)nc(-n2cccn2)n1. The van der Waals surface area contributed by atoms with Gasteiger partial charge in [0.15, 0.2) is 0 Å². The summed E-state index contributed by atoms with van der Waals surface area (Å²) >= 11 is 0. The second-order valence-electron chi connectivity index (χ2n) is 4.93. The zero-order valence-corrected chi connectivity index (χ0v) is 12.8. The molecule has 1 atom stereocenters. The normalized spacial score (nSPS) is 12.1. The predicted octanol–water partition coefficient (Wildman–Crippen LogP) is 2.30. The average molecular weight is 290 g/mol. The van der Waals surface area contributed by atoms with Crippen molar-refractivity contribution in [2.24, 2.45) is 5.92 Å². The van der Waals surface area contributed by atoms with Gasteiger partial charge in [0.1, 0.15) is 0 Å². The Morgan fingerprint density at radius 3 is 2.81 bits per heavy atom. The van der Waals surface area contributed by atoms with Crippen LogP contribution >= 0.6 is 0 Å². The van der Waals surface area contributed by atoms with E-state index in [9.17, 15) is 0 Å². The number of anilines is 1. The fourth-order valence-electron chi connectivity index (χ4n) is 1.93. The standard InChI is InChI=1S/C14H22N6O/c1-4-7-11(3)10-21-14-18-12(15-5-2)17-13(19-14)20-9-6-8-16-20/h6,8-9,11H,4-5,7,10H2,1-3H3,(H,15,17,18,19). The molecule has 0 amide bonds. The van der Waals surface area contributed by atoms with Crippen molar-refractivity contribution in [3.63, 3.8) is 0 Å². The molecule has 0 saturated heterocycles. The average Bonchev–Trinajstić information content (AvgIpc) is 3.00. The Hall–Kier alpha value is -2.18. The molecule has 0 bridgehead atoms. The van der Waals surface area contributed by atoms with E-state index in [1.54, 1.807) is 17.1 Å². The first-order valence-corrected chi connectivity index (χ1v) is 7.35. The Morgan fingerprint density at radius 1 is 1.29 bits per heavy atom. The Kier molecular flexibility index (Phi) is 5.48. The van der Waals surface area contributed by atoms with Crippen molar-refractivity contribution >= 4 is 5.95 Å². The second kappa shape index (κ2) is 7.56. The maximum atomic E-state index is 5.70. The summed E-state index contributed by atoms with van der Waals surface area (Å²) in [6.07, 6.45) is 5.73. The molecule has 2 aromatic rings. The van der Waals surface area contributed by atoms with Gasteiger partial charge in [-0.05, 0) is 25.3 Å². The lowest BCUT2D eigenvalue weighted by Crippen LogP contribution is -2.14. The fourth-order valence-corrected chi connectivity index (χ4v) is 1.93. The summed E-state index contributed by atoms with van der Waals surface area (Å²) in [6, 6.07) is 2.15. The molecule has 7 heteroatoms. The highest BCUT2D eigenvalue weighted by molar-refractivity contribution is 5.29. The Bertz CT molecular complexity index is 542. The quantitative estimate of drug-likeness (QED) is 0.803. The minimum Gasteiger partial charge on any atom is -0.463 e. The van der Waals surface area contributed by atoms with Gasteiger partial charge in [0.25, 0.3) is 5.95 Å². The predicted molar refractivity (Wildman–Crippen MR) is 80.7 cm³/mol. The lowest BCUT2D eigenvalue weighted by molar-refractivity contribution is 0.233. The van der Waals surface area contributed by atoms with Crippen LogP contribution in [-0.2, 0) is 0 Å². The molecule has 0 aromatic carbocycles. The van der Waals surface area contributed by atoms with Crippen LogP contribution in [0.25, 0.3) is 5.95 Å². The third kappa shape index (κ3) is 4.40. The van der Waals surface area contributed by atoms with Crippen LogP contribution in [0.3, 0.4) is 0 Å². The van der Waals surface area contributed by atoms with Crippen molar-refractivity contribution in [1.29, 1.82) is 0 Å². The molecule has 0 spiro atoms.